The number of alkyl halides is 2. The molecule has 1 atom stereocenters. The Morgan fingerprint density at radius 1 is 1.41 bits per heavy atom. The highest BCUT2D eigenvalue weighted by atomic mass is 19.3. The summed E-state index contributed by atoms with van der Waals surface area (Å²) in [5.41, 5.74) is -0.202. The summed E-state index contributed by atoms with van der Waals surface area (Å²) in [6.07, 6.45) is 1.15. The molecule has 1 aromatic heterocycles. The number of carbonyl (C=O) groups excluding carboxylic acids is 2. The number of carbonyl (C=O) groups is 2. The van der Waals surface area contributed by atoms with Crippen molar-refractivity contribution in [1.29, 1.82) is 0 Å². The zero-order valence-corrected chi connectivity index (χ0v) is 12.9. The summed E-state index contributed by atoms with van der Waals surface area (Å²) in [5, 5.41) is 3.45. The molecule has 1 aliphatic rings. The molecule has 0 unspecified atom stereocenters. The minimum Gasteiger partial charge on any atom is -0.339 e. The first-order valence-electron chi connectivity index (χ1n) is 7.24. The molecule has 8 heteroatoms. The lowest BCUT2D eigenvalue weighted by Crippen LogP contribution is -2.58. The lowest BCUT2D eigenvalue weighted by molar-refractivity contribution is -0.140. The van der Waals surface area contributed by atoms with Crippen LogP contribution < -0.4 is 0 Å². The Kier molecular flexibility index (Phi) is 4.77. The van der Waals surface area contributed by atoms with Crippen LogP contribution in [0, 0.1) is 5.92 Å². The Morgan fingerprint density at radius 2 is 2.09 bits per heavy atom. The van der Waals surface area contributed by atoms with Crippen LogP contribution in [0.1, 0.15) is 37.8 Å². The maximum absolute atomic E-state index is 12.8. The summed E-state index contributed by atoms with van der Waals surface area (Å²) in [5.74, 6) is -0.419. The number of aromatic nitrogens is 2. The van der Waals surface area contributed by atoms with E-state index in [2.05, 4.69) is 5.10 Å². The average molecular weight is 314 g/mol. The molecule has 0 spiro atoms. The zero-order chi connectivity index (χ0) is 16.4. The largest absolute Gasteiger partial charge is 0.339 e. The molecule has 122 valence electrons. The molecule has 0 aliphatic carbocycles. The molecule has 2 amide bonds. The average Bonchev–Trinajstić information content (AvgIpc) is 2.92. The number of amides is 2. The molecule has 1 saturated heterocycles. The van der Waals surface area contributed by atoms with Crippen molar-refractivity contribution in [3.05, 3.63) is 18.0 Å². The first-order valence-corrected chi connectivity index (χ1v) is 7.24. The van der Waals surface area contributed by atoms with E-state index < -0.39 is 18.5 Å². The van der Waals surface area contributed by atoms with Gasteiger partial charge in [-0.15, -0.1) is 0 Å². The lowest BCUT2D eigenvalue weighted by atomic mass is 10.1. The van der Waals surface area contributed by atoms with Crippen molar-refractivity contribution in [2.24, 2.45) is 5.92 Å². The van der Waals surface area contributed by atoms with Crippen molar-refractivity contribution < 1.29 is 18.4 Å². The van der Waals surface area contributed by atoms with E-state index >= 15 is 0 Å². The van der Waals surface area contributed by atoms with Gasteiger partial charge in [0.2, 0.25) is 5.91 Å². The van der Waals surface area contributed by atoms with Crippen molar-refractivity contribution in [3.8, 4) is 0 Å². The van der Waals surface area contributed by atoms with Crippen LogP contribution in [0.4, 0.5) is 8.78 Å². The molecular formula is C14H20F2N4O2. The Morgan fingerprint density at radius 3 is 2.68 bits per heavy atom. The molecule has 0 bridgehead atoms. The standard InChI is InChI=1S/C14H20F2N4O2/c1-9(2)8-18-6-7-19(10(3)12(18)21)13(22)11-4-5-17-20(11)14(15)16/h4-5,9-10,14H,6-8H2,1-3H3/t10-/m0/s1. The third-order valence-electron chi connectivity index (χ3n) is 3.67. The maximum Gasteiger partial charge on any atom is 0.333 e. The van der Waals surface area contributed by atoms with Gasteiger partial charge in [-0.25, -0.2) is 0 Å². The summed E-state index contributed by atoms with van der Waals surface area (Å²) in [6, 6.07) is 0.577. The summed E-state index contributed by atoms with van der Waals surface area (Å²) >= 11 is 0. The van der Waals surface area contributed by atoms with Crippen LogP contribution in [0.2, 0.25) is 0 Å². The Bertz CT molecular complexity index is 559. The van der Waals surface area contributed by atoms with Gasteiger partial charge in [-0.3, -0.25) is 9.59 Å². The maximum atomic E-state index is 12.8. The third kappa shape index (κ3) is 3.10. The summed E-state index contributed by atoms with van der Waals surface area (Å²) in [4.78, 5) is 27.8. The second-order valence-electron chi connectivity index (χ2n) is 5.79. The summed E-state index contributed by atoms with van der Waals surface area (Å²) < 4.78 is 26.0. The van der Waals surface area contributed by atoms with Gasteiger partial charge in [0.1, 0.15) is 11.7 Å². The second-order valence-corrected chi connectivity index (χ2v) is 5.79. The van der Waals surface area contributed by atoms with Crippen molar-refractivity contribution in [3.63, 3.8) is 0 Å². The van der Waals surface area contributed by atoms with Crippen LogP contribution in [-0.2, 0) is 4.79 Å². The predicted octanol–water partition coefficient (Wildman–Crippen LogP) is 1.61. The molecule has 1 aromatic rings. The number of nitrogens with zero attached hydrogens (tertiary/aromatic N) is 4. The van der Waals surface area contributed by atoms with Crippen molar-refractivity contribution in [1.82, 2.24) is 19.6 Å². The zero-order valence-electron chi connectivity index (χ0n) is 12.9. The van der Waals surface area contributed by atoms with Crippen molar-refractivity contribution >= 4 is 11.8 Å². The molecule has 1 fully saturated rings. The fourth-order valence-corrected chi connectivity index (χ4v) is 2.62. The topological polar surface area (TPSA) is 58.4 Å². The van der Waals surface area contributed by atoms with Gasteiger partial charge in [0.25, 0.3) is 5.91 Å². The van der Waals surface area contributed by atoms with Gasteiger partial charge in [-0.05, 0) is 18.9 Å². The van der Waals surface area contributed by atoms with E-state index in [1.807, 2.05) is 13.8 Å². The van der Waals surface area contributed by atoms with Crippen molar-refractivity contribution in [2.75, 3.05) is 19.6 Å². The van der Waals surface area contributed by atoms with Crippen LogP contribution in [-0.4, -0.2) is 57.1 Å². The molecular weight excluding hydrogens is 294 g/mol. The van der Waals surface area contributed by atoms with Gasteiger partial charge in [0, 0.05) is 25.8 Å². The first-order chi connectivity index (χ1) is 10.3. The van der Waals surface area contributed by atoms with E-state index in [0.717, 1.165) is 6.20 Å². The normalized spacial score (nSPS) is 19.4. The van der Waals surface area contributed by atoms with Crippen LogP contribution in [0.15, 0.2) is 12.3 Å². The third-order valence-corrected chi connectivity index (χ3v) is 3.67. The van der Waals surface area contributed by atoms with Gasteiger partial charge >= 0.3 is 6.55 Å². The molecule has 2 rings (SSSR count). The fourth-order valence-electron chi connectivity index (χ4n) is 2.62. The van der Waals surface area contributed by atoms with Crippen LogP contribution >= 0.6 is 0 Å². The van der Waals surface area contributed by atoms with Crippen molar-refractivity contribution in [2.45, 2.75) is 33.4 Å². The molecule has 2 heterocycles. The minimum atomic E-state index is -2.89. The number of rotatable bonds is 4. The highest BCUT2D eigenvalue weighted by Gasteiger charge is 2.36. The number of hydrogen-bond donors (Lipinski definition) is 0. The van der Waals surface area contributed by atoms with Crippen LogP contribution in [0.5, 0.6) is 0 Å². The van der Waals surface area contributed by atoms with E-state index in [0.29, 0.717) is 30.2 Å². The summed E-state index contributed by atoms with van der Waals surface area (Å²) in [6.45, 7) is 4.12. The highest BCUT2D eigenvalue weighted by Crippen LogP contribution is 2.19. The summed E-state index contributed by atoms with van der Waals surface area (Å²) in [7, 11) is 0. The molecule has 0 aromatic carbocycles. The second kappa shape index (κ2) is 6.41. The first kappa shape index (κ1) is 16.4. The SMILES string of the molecule is CC(C)CN1CCN(C(=O)c2ccnn2C(F)F)[C@@H](C)C1=O. The molecule has 0 radical (unpaired) electrons. The number of hydrogen-bond acceptors (Lipinski definition) is 3. The molecule has 0 saturated carbocycles. The van der Waals surface area contributed by atoms with E-state index in [1.165, 1.54) is 11.0 Å². The Balaban J connectivity index is 2.15. The lowest BCUT2D eigenvalue weighted by Gasteiger charge is -2.39. The molecule has 0 N–H and O–H groups in total. The van der Waals surface area contributed by atoms with E-state index in [4.69, 9.17) is 0 Å². The smallest absolute Gasteiger partial charge is 0.333 e. The van der Waals surface area contributed by atoms with Gasteiger partial charge in [0.05, 0.1) is 0 Å². The quantitative estimate of drug-likeness (QED) is 0.848. The van der Waals surface area contributed by atoms with E-state index in [9.17, 15) is 18.4 Å². The Labute approximate surface area is 127 Å². The molecule has 1 aliphatic heterocycles. The number of piperazine rings is 1. The van der Waals surface area contributed by atoms with Crippen LogP contribution in [0.3, 0.4) is 0 Å². The predicted molar refractivity (Wildman–Crippen MR) is 75.4 cm³/mol. The monoisotopic (exact) mass is 314 g/mol. The minimum absolute atomic E-state index is 0.156. The molecule has 6 nitrogen and oxygen atoms in total. The van der Waals surface area contributed by atoms with Gasteiger partial charge in [-0.1, -0.05) is 13.8 Å². The molecule has 22 heavy (non-hydrogen) atoms. The van der Waals surface area contributed by atoms with Gasteiger partial charge in [0.15, 0.2) is 0 Å². The fraction of sp³-hybridized carbons (Fsp3) is 0.643. The van der Waals surface area contributed by atoms with E-state index in [1.54, 1.807) is 11.8 Å². The van der Waals surface area contributed by atoms with Crippen LogP contribution in [0.25, 0.3) is 0 Å². The Hall–Kier alpha value is -1.99. The van der Waals surface area contributed by atoms with Gasteiger partial charge in [-0.2, -0.15) is 18.6 Å². The number of halogens is 2. The highest BCUT2D eigenvalue weighted by molar-refractivity contribution is 5.96. The van der Waals surface area contributed by atoms with Gasteiger partial charge < -0.3 is 9.80 Å². The van der Waals surface area contributed by atoms with E-state index in [-0.39, 0.29) is 11.6 Å².